The number of thioether (sulfide) groups is 1. The van der Waals surface area contributed by atoms with E-state index in [4.69, 9.17) is 4.74 Å². The smallest absolute Gasteiger partial charge is 0.351 e. The van der Waals surface area contributed by atoms with E-state index in [0.29, 0.717) is 17.2 Å². The van der Waals surface area contributed by atoms with Gasteiger partial charge in [-0.2, -0.15) is 5.26 Å². The first-order valence-corrected chi connectivity index (χ1v) is 8.64. The normalized spacial score (nSPS) is 15.4. The zero-order valence-electron chi connectivity index (χ0n) is 13.8. The summed E-state index contributed by atoms with van der Waals surface area (Å²) < 4.78 is 10.4. The molecule has 130 valence electrons. The first kappa shape index (κ1) is 17.6. The molecule has 1 heterocycles. The molecule has 1 saturated heterocycles. The molecule has 0 bridgehead atoms. The Balaban J connectivity index is 1.89. The number of nitrogens with zero attached hydrogens (tertiary/aromatic N) is 2. The zero-order valence-corrected chi connectivity index (χ0v) is 14.7. The number of hydrogen-bond acceptors (Lipinski definition) is 6. The van der Waals surface area contributed by atoms with E-state index in [1.165, 1.54) is 12.0 Å². The van der Waals surface area contributed by atoms with Crippen LogP contribution in [0, 0.1) is 11.3 Å². The second kappa shape index (κ2) is 7.76. The third kappa shape index (κ3) is 3.55. The SMILES string of the molecule is COC(=O)/C(C#N)=C1\SCC(=O)N1c1ccc(Oc2ccccc2)cc1. The van der Waals surface area contributed by atoms with Crippen molar-refractivity contribution in [2.75, 3.05) is 17.8 Å². The molecule has 1 aliphatic heterocycles. The maximum absolute atomic E-state index is 12.3. The van der Waals surface area contributed by atoms with E-state index < -0.39 is 5.97 Å². The number of para-hydroxylation sites is 1. The van der Waals surface area contributed by atoms with Crippen molar-refractivity contribution in [3.05, 3.63) is 65.2 Å². The standard InChI is InChI=1S/C19H14N2O4S/c1-24-19(23)16(11-20)18-21(17(22)12-26-18)13-7-9-15(10-8-13)25-14-5-3-2-4-6-14/h2-10H,12H2,1H3/b18-16-. The van der Waals surface area contributed by atoms with E-state index in [-0.39, 0.29) is 22.3 Å². The van der Waals surface area contributed by atoms with Gasteiger partial charge in [0, 0.05) is 5.69 Å². The van der Waals surface area contributed by atoms with Gasteiger partial charge in [0.1, 0.15) is 22.6 Å². The first-order valence-electron chi connectivity index (χ1n) is 7.65. The molecule has 0 saturated carbocycles. The van der Waals surface area contributed by atoms with Crippen molar-refractivity contribution >= 4 is 29.3 Å². The summed E-state index contributed by atoms with van der Waals surface area (Å²) in [6.45, 7) is 0. The monoisotopic (exact) mass is 366 g/mol. The lowest BCUT2D eigenvalue weighted by molar-refractivity contribution is -0.135. The van der Waals surface area contributed by atoms with Crippen molar-refractivity contribution in [2.45, 2.75) is 0 Å². The number of carbonyl (C=O) groups is 2. The average Bonchev–Trinajstić information content (AvgIpc) is 3.05. The number of amides is 1. The third-order valence-electron chi connectivity index (χ3n) is 3.57. The van der Waals surface area contributed by atoms with E-state index in [9.17, 15) is 14.9 Å². The highest BCUT2D eigenvalue weighted by Gasteiger charge is 2.33. The Kier molecular flexibility index (Phi) is 5.25. The molecule has 6 nitrogen and oxygen atoms in total. The predicted molar refractivity (Wildman–Crippen MR) is 97.6 cm³/mol. The second-order valence-electron chi connectivity index (χ2n) is 5.21. The average molecular weight is 366 g/mol. The van der Waals surface area contributed by atoms with Crippen molar-refractivity contribution in [3.8, 4) is 17.6 Å². The van der Waals surface area contributed by atoms with Crippen LogP contribution in [0.1, 0.15) is 0 Å². The summed E-state index contributed by atoms with van der Waals surface area (Å²) in [4.78, 5) is 25.4. The van der Waals surface area contributed by atoms with Crippen LogP contribution in [0.2, 0.25) is 0 Å². The highest BCUT2D eigenvalue weighted by molar-refractivity contribution is 8.04. The van der Waals surface area contributed by atoms with Gasteiger partial charge in [-0.1, -0.05) is 30.0 Å². The van der Waals surface area contributed by atoms with Crippen LogP contribution in [0.15, 0.2) is 65.2 Å². The number of hydrogen-bond donors (Lipinski definition) is 0. The molecule has 2 aromatic carbocycles. The number of rotatable bonds is 4. The highest BCUT2D eigenvalue weighted by atomic mass is 32.2. The summed E-state index contributed by atoms with van der Waals surface area (Å²) >= 11 is 1.14. The molecule has 1 fully saturated rings. The van der Waals surface area contributed by atoms with Crippen molar-refractivity contribution < 1.29 is 19.1 Å². The Labute approximate surface area is 154 Å². The topological polar surface area (TPSA) is 79.6 Å². The van der Waals surface area contributed by atoms with Gasteiger partial charge in [-0.25, -0.2) is 4.79 Å². The Morgan fingerprint density at radius 1 is 1.12 bits per heavy atom. The molecular weight excluding hydrogens is 352 g/mol. The van der Waals surface area contributed by atoms with Crippen LogP contribution < -0.4 is 9.64 Å². The van der Waals surface area contributed by atoms with Gasteiger partial charge in [-0.15, -0.1) is 0 Å². The number of methoxy groups -OCH3 is 1. The number of nitriles is 1. The van der Waals surface area contributed by atoms with Crippen molar-refractivity contribution in [1.29, 1.82) is 5.26 Å². The third-order valence-corrected chi connectivity index (χ3v) is 4.63. The van der Waals surface area contributed by atoms with E-state index in [2.05, 4.69) is 4.74 Å². The molecule has 3 rings (SSSR count). The van der Waals surface area contributed by atoms with Crippen LogP contribution in [0.5, 0.6) is 11.5 Å². The molecular formula is C19H14N2O4S. The van der Waals surface area contributed by atoms with Crippen LogP contribution >= 0.6 is 11.8 Å². The minimum Gasteiger partial charge on any atom is -0.465 e. The van der Waals surface area contributed by atoms with Gasteiger partial charge in [0.05, 0.1) is 12.9 Å². The number of ether oxygens (including phenoxy) is 2. The fraction of sp³-hybridized carbons (Fsp3) is 0.105. The molecule has 26 heavy (non-hydrogen) atoms. The van der Waals surface area contributed by atoms with E-state index in [1.54, 1.807) is 24.3 Å². The van der Waals surface area contributed by atoms with Crippen molar-refractivity contribution in [2.24, 2.45) is 0 Å². The minimum absolute atomic E-state index is 0.153. The summed E-state index contributed by atoms with van der Waals surface area (Å²) in [6.07, 6.45) is 0. The molecule has 0 aromatic heterocycles. The maximum Gasteiger partial charge on any atom is 0.351 e. The Morgan fingerprint density at radius 3 is 2.38 bits per heavy atom. The lowest BCUT2D eigenvalue weighted by Gasteiger charge is -2.18. The van der Waals surface area contributed by atoms with Gasteiger partial charge in [0.2, 0.25) is 5.91 Å². The molecule has 1 amide bonds. The van der Waals surface area contributed by atoms with Gasteiger partial charge in [0.15, 0.2) is 5.57 Å². The van der Waals surface area contributed by atoms with Gasteiger partial charge < -0.3 is 9.47 Å². The van der Waals surface area contributed by atoms with Gasteiger partial charge in [-0.05, 0) is 36.4 Å². The summed E-state index contributed by atoms with van der Waals surface area (Å²) in [5.74, 6) is 0.487. The fourth-order valence-corrected chi connectivity index (χ4v) is 3.39. The number of esters is 1. The summed E-state index contributed by atoms with van der Waals surface area (Å²) in [7, 11) is 1.20. The lowest BCUT2D eigenvalue weighted by atomic mass is 10.2. The second-order valence-corrected chi connectivity index (χ2v) is 6.17. The zero-order chi connectivity index (χ0) is 18.5. The van der Waals surface area contributed by atoms with Crippen molar-refractivity contribution in [3.63, 3.8) is 0 Å². The van der Waals surface area contributed by atoms with Crippen LogP contribution in [-0.4, -0.2) is 24.7 Å². The summed E-state index contributed by atoms with van der Waals surface area (Å²) in [5.41, 5.74) is 0.361. The molecule has 0 radical (unpaired) electrons. The number of anilines is 1. The Morgan fingerprint density at radius 2 is 1.77 bits per heavy atom. The predicted octanol–water partition coefficient (Wildman–Crippen LogP) is 3.47. The maximum atomic E-state index is 12.3. The van der Waals surface area contributed by atoms with Gasteiger partial charge in [-0.3, -0.25) is 9.69 Å². The molecule has 1 aliphatic rings. The number of carbonyl (C=O) groups excluding carboxylic acids is 2. The van der Waals surface area contributed by atoms with Crippen LogP contribution in [-0.2, 0) is 14.3 Å². The molecule has 0 unspecified atom stereocenters. The largest absolute Gasteiger partial charge is 0.465 e. The van der Waals surface area contributed by atoms with Gasteiger partial charge in [0.25, 0.3) is 0 Å². The van der Waals surface area contributed by atoms with Crippen molar-refractivity contribution in [1.82, 2.24) is 0 Å². The van der Waals surface area contributed by atoms with Gasteiger partial charge >= 0.3 is 5.97 Å². The lowest BCUT2D eigenvalue weighted by Crippen LogP contribution is -2.25. The minimum atomic E-state index is -0.765. The summed E-state index contributed by atoms with van der Waals surface area (Å²) in [5, 5.41) is 9.55. The van der Waals surface area contributed by atoms with E-state index >= 15 is 0 Å². The van der Waals surface area contributed by atoms with E-state index in [1.807, 2.05) is 36.4 Å². The Bertz CT molecular complexity index is 901. The highest BCUT2D eigenvalue weighted by Crippen LogP contribution is 2.37. The van der Waals surface area contributed by atoms with Crippen LogP contribution in [0.4, 0.5) is 5.69 Å². The molecule has 7 heteroatoms. The molecule has 0 aliphatic carbocycles. The molecule has 2 aromatic rings. The summed E-state index contributed by atoms with van der Waals surface area (Å²) in [6, 6.07) is 18.0. The van der Waals surface area contributed by atoms with Crippen LogP contribution in [0.25, 0.3) is 0 Å². The quantitative estimate of drug-likeness (QED) is 0.468. The molecule has 0 spiro atoms. The molecule has 0 N–H and O–H groups in total. The van der Waals surface area contributed by atoms with E-state index in [0.717, 1.165) is 11.8 Å². The number of benzene rings is 2. The fourth-order valence-electron chi connectivity index (χ4n) is 2.39. The molecule has 0 atom stereocenters. The van der Waals surface area contributed by atoms with Crippen LogP contribution in [0.3, 0.4) is 0 Å². The Hall–Kier alpha value is -3.24. The first-order chi connectivity index (χ1) is 12.6.